The molecule has 1 aliphatic heterocycles. The largest absolute Gasteiger partial charge is 0.857 e. The third-order valence-corrected chi connectivity index (χ3v) is 5.08. The van der Waals surface area contributed by atoms with Crippen molar-refractivity contribution in [2.24, 2.45) is 28.3 Å². The number of hydrogen-bond donors (Lipinski definition) is 0. The van der Waals surface area contributed by atoms with E-state index in [4.69, 9.17) is 0 Å². The molecule has 0 radical (unpaired) electrons. The van der Waals surface area contributed by atoms with E-state index >= 15 is 0 Å². The quantitative estimate of drug-likeness (QED) is 0.587. The number of hydrazone groups is 1. The van der Waals surface area contributed by atoms with Crippen LogP contribution in [0.3, 0.4) is 0 Å². The molecule has 0 spiro atoms. The molecule has 1 heterocycles. The van der Waals surface area contributed by atoms with E-state index in [0.717, 1.165) is 0 Å². The lowest BCUT2D eigenvalue weighted by molar-refractivity contribution is -0.576. The molecular weight excluding hydrogens is 212 g/mol. The summed E-state index contributed by atoms with van der Waals surface area (Å²) < 4.78 is 2.08. The molecule has 3 rings (SSSR count). The van der Waals surface area contributed by atoms with Crippen LogP contribution in [0, 0.1) is 23.2 Å². The van der Waals surface area contributed by atoms with Crippen molar-refractivity contribution in [3.63, 3.8) is 0 Å². The molecule has 0 aromatic rings. The molecule has 0 aromatic carbocycles. The van der Waals surface area contributed by atoms with Crippen molar-refractivity contribution in [2.75, 3.05) is 0 Å². The first kappa shape index (κ1) is 11.2. The van der Waals surface area contributed by atoms with Gasteiger partial charge in [-0.1, -0.05) is 25.5 Å². The lowest BCUT2D eigenvalue weighted by Crippen LogP contribution is -2.40. The summed E-state index contributed by atoms with van der Waals surface area (Å²) in [7, 11) is 0. The van der Waals surface area contributed by atoms with Gasteiger partial charge in [0.1, 0.15) is 0 Å². The predicted molar refractivity (Wildman–Crippen MR) is 65.9 cm³/mol. The Bertz CT molecular complexity index is 416. The molecule has 2 unspecified atom stereocenters. The van der Waals surface area contributed by atoms with E-state index in [1.807, 2.05) is 0 Å². The maximum absolute atomic E-state index is 12.1. The zero-order chi connectivity index (χ0) is 12.4. The van der Waals surface area contributed by atoms with Crippen LogP contribution in [0.2, 0.25) is 0 Å². The highest BCUT2D eigenvalue weighted by Crippen LogP contribution is 2.52. The lowest BCUT2D eigenvalue weighted by Gasteiger charge is -2.24. The van der Waals surface area contributed by atoms with Crippen LogP contribution >= 0.6 is 0 Å². The summed E-state index contributed by atoms with van der Waals surface area (Å²) in [6.07, 6.45) is 3.79. The Morgan fingerprint density at radius 2 is 1.94 bits per heavy atom. The zero-order valence-electron chi connectivity index (χ0n) is 11.2. The van der Waals surface area contributed by atoms with Gasteiger partial charge < -0.3 is 5.11 Å². The Balaban J connectivity index is 2.04. The van der Waals surface area contributed by atoms with Gasteiger partial charge >= 0.3 is 0 Å². The minimum atomic E-state index is 0.0977. The zero-order valence-corrected chi connectivity index (χ0v) is 11.2. The second-order valence-corrected chi connectivity index (χ2v) is 6.97. The minimum absolute atomic E-state index is 0.0977. The second-order valence-electron chi connectivity index (χ2n) is 6.97. The van der Waals surface area contributed by atoms with Gasteiger partial charge in [0.2, 0.25) is 0 Å². The summed E-state index contributed by atoms with van der Waals surface area (Å²) in [6.45, 7) is 8.72. The highest BCUT2D eigenvalue weighted by atomic mass is 16.3. The second kappa shape index (κ2) is 3.33. The van der Waals surface area contributed by atoms with Crippen LogP contribution in [0.1, 0.15) is 47.0 Å². The third-order valence-electron chi connectivity index (χ3n) is 5.08. The van der Waals surface area contributed by atoms with Gasteiger partial charge in [-0.2, -0.15) is 0 Å². The van der Waals surface area contributed by atoms with Crippen molar-refractivity contribution in [2.45, 2.75) is 53.0 Å². The molecule has 3 heteroatoms. The first-order valence-corrected chi connectivity index (χ1v) is 6.78. The summed E-state index contributed by atoms with van der Waals surface area (Å²) in [6, 6.07) is 0.389. The van der Waals surface area contributed by atoms with Crippen molar-refractivity contribution in [1.29, 1.82) is 0 Å². The number of hydrogen-bond acceptors (Lipinski definition) is 2. The Labute approximate surface area is 103 Å². The molecule has 0 aromatic heterocycles. The fourth-order valence-electron chi connectivity index (χ4n) is 3.84. The number of rotatable bonds is 0. The average Bonchev–Trinajstić information content (AvgIpc) is 2.87. The SMILES string of the molecule is C/C(=[N+]1/N=C([O-])C2C1[C@H]1CC[C@@H]2C1)C(C)(C)C. The smallest absolute Gasteiger partial charge is 0.194 e. The highest BCUT2D eigenvalue weighted by molar-refractivity contribution is 5.84. The van der Waals surface area contributed by atoms with Crippen LogP contribution in [0.15, 0.2) is 5.10 Å². The molecule has 0 saturated heterocycles. The first-order valence-electron chi connectivity index (χ1n) is 6.78. The van der Waals surface area contributed by atoms with E-state index < -0.39 is 0 Å². The average molecular weight is 234 g/mol. The number of nitrogens with zero attached hydrogens (tertiary/aromatic N) is 2. The Kier molecular flexibility index (Phi) is 2.20. The summed E-state index contributed by atoms with van der Waals surface area (Å²) in [5.74, 6) is 1.69. The lowest BCUT2D eigenvalue weighted by atomic mass is 9.84. The van der Waals surface area contributed by atoms with Gasteiger partial charge in [-0.05, 0) is 30.3 Å². The van der Waals surface area contributed by atoms with Crippen LogP contribution in [-0.2, 0) is 0 Å². The molecule has 3 nitrogen and oxygen atoms in total. The van der Waals surface area contributed by atoms with Crippen molar-refractivity contribution in [3.8, 4) is 0 Å². The van der Waals surface area contributed by atoms with Gasteiger partial charge in [-0.3, -0.25) is 0 Å². The summed E-state index contributed by atoms with van der Waals surface area (Å²) >= 11 is 0. The molecular formula is C14H22N2O. The van der Waals surface area contributed by atoms with E-state index in [-0.39, 0.29) is 17.2 Å². The first-order chi connectivity index (χ1) is 7.89. The fourth-order valence-corrected chi connectivity index (χ4v) is 3.84. The Hall–Kier alpha value is -0.860. The third kappa shape index (κ3) is 1.47. The van der Waals surface area contributed by atoms with Crippen molar-refractivity contribution >= 4 is 11.6 Å². The van der Waals surface area contributed by atoms with E-state index in [1.54, 1.807) is 0 Å². The molecule has 2 fully saturated rings. The van der Waals surface area contributed by atoms with Crippen LogP contribution in [0.4, 0.5) is 0 Å². The molecule has 3 aliphatic rings. The summed E-state index contributed by atoms with van der Waals surface area (Å²) in [5, 5.41) is 16.4. The van der Waals surface area contributed by atoms with Crippen molar-refractivity contribution < 1.29 is 9.79 Å². The number of fused-ring (bicyclic) bond motifs is 5. The summed E-state index contributed by atoms with van der Waals surface area (Å²) in [5.41, 5.74) is 1.34. The molecule has 2 aliphatic carbocycles. The van der Waals surface area contributed by atoms with Gasteiger partial charge in [0.15, 0.2) is 11.8 Å². The summed E-state index contributed by atoms with van der Waals surface area (Å²) in [4.78, 5) is 0. The Morgan fingerprint density at radius 3 is 2.59 bits per heavy atom. The molecule has 94 valence electrons. The topological polar surface area (TPSA) is 38.4 Å². The molecule has 0 N–H and O–H groups in total. The maximum atomic E-state index is 12.1. The van der Waals surface area contributed by atoms with E-state index in [2.05, 4.69) is 37.5 Å². The van der Waals surface area contributed by atoms with E-state index in [1.165, 1.54) is 25.0 Å². The van der Waals surface area contributed by atoms with Crippen LogP contribution in [0.25, 0.3) is 0 Å². The maximum Gasteiger partial charge on any atom is 0.194 e. The molecule has 0 amide bonds. The molecule has 2 bridgehead atoms. The van der Waals surface area contributed by atoms with Crippen LogP contribution in [0.5, 0.6) is 0 Å². The van der Waals surface area contributed by atoms with Crippen LogP contribution < -0.4 is 5.11 Å². The normalized spacial score (nSPS) is 42.7. The fraction of sp³-hybridized carbons (Fsp3) is 0.857. The van der Waals surface area contributed by atoms with Crippen LogP contribution in [-0.4, -0.2) is 22.3 Å². The highest BCUT2D eigenvalue weighted by Gasteiger charge is 2.58. The molecule has 4 atom stereocenters. The van der Waals surface area contributed by atoms with Gasteiger partial charge in [-0.25, -0.2) is 0 Å². The van der Waals surface area contributed by atoms with E-state index in [9.17, 15) is 5.11 Å². The van der Waals surface area contributed by atoms with Gasteiger partial charge in [-0.15, -0.1) is 0 Å². The molecule has 17 heavy (non-hydrogen) atoms. The standard InChI is InChI=1S/C14H22N2O/c1-8(14(2,3)4)16-12-10-6-5-9(7-10)11(12)13(17)15-16/h9-12H,5-7H2,1-4H3/b16-8-/t9-,10+,11?,12?/m1/s1. The van der Waals surface area contributed by atoms with Crippen molar-refractivity contribution in [1.82, 2.24) is 0 Å². The Morgan fingerprint density at radius 1 is 1.29 bits per heavy atom. The van der Waals surface area contributed by atoms with Gasteiger partial charge in [0, 0.05) is 24.2 Å². The van der Waals surface area contributed by atoms with Gasteiger partial charge in [0.05, 0.1) is 5.92 Å². The predicted octanol–water partition coefficient (Wildman–Crippen LogP) is 1.61. The monoisotopic (exact) mass is 234 g/mol. The molecule has 2 saturated carbocycles. The van der Waals surface area contributed by atoms with Gasteiger partial charge in [0.25, 0.3) is 0 Å². The van der Waals surface area contributed by atoms with Crippen molar-refractivity contribution in [3.05, 3.63) is 0 Å². The van der Waals surface area contributed by atoms with E-state index in [0.29, 0.717) is 17.9 Å². The minimum Gasteiger partial charge on any atom is -0.857 e.